The Labute approximate surface area is 89.7 Å². The molecule has 0 aliphatic carbocycles. The summed E-state index contributed by atoms with van der Waals surface area (Å²) in [5, 5.41) is 9.06. The van der Waals surface area contributed by atoms with E-state index < -0.39 is 15.9 Å². The van der Waals surface area contributed by atoms with Crippen molar-refractivity contribution in [3.8, 4) is 0 Å². The number of aliphatic hydroxyl groups excluding tert-OH is 1. The summed E-state index contributed by atoms with van der Waals surface area (Å²) in [6, 6.07) is 5.19. The molecule has 1 aliphatic heterocycles. The molecule has 1 aromatic carbocycles. The first kappa shape index (κ1) is 10.6. The monoisotopic (exact) mass is 226 g/mol. The summed E-state index contributed by atoms with van der Waals surface area (Å²) >= 11 is 0. The zero-order valence-corrected chi connectivity index (χ0v) is 9.58. The molecule has 1 aromatic rings. The molecule has 0 amide bonds. The van der Waals surface area contributed by atoms with Crippen LogP contribution in [0.3, 0.4) is 0 Å². The molecule has 15 heavy (non-hydrogen) atoms. The summed E-state index contributed by atoms with van der Waals surface area (Å²) in [6.45, 7) is 3.35. The van der Waals surface area contributed by atoms with Gasteiger partial charge in [0.05, 0.1) is 16.2 Å². The molecule has 0 saturated heterocycles. The predicted molar refractivity (Wildman–Crippen MR) is 57.4 cm³/mol. The van der Waals surface area contributed by atoms with Gasteiger partial charge < -0.3 is 5.11 Å². The van der Waals surface area contributed by atoms with Crippen molar-refractivity contribution in [1.29, 1.82) is 0 Å². The third kappa shape index (κ3) is 1.58. The van der Waals surface area contributed by atoms with Crippen LogP contribution in [0.1, 0.15) is 31.1 Å². The number of sulfone groups is 1. The maximum absolute atomic E-state index is 11.9. The Kier molecular flexibility index (Phi) is 2.35. The van der Waals surface area contributed by atoms with Crippen LogP contribution in [0.4, 0.5) is 0 Å². The van der Waals surface area contributed by atoms with Gasteiger partial charge in [0.1, 0.15) is 0 Å². The number of rotatable bonds is 1. The van der Waals surface area contributed by atoms with Gasteiger partial charge in [0, 0.05) is 0 Å². The lowest BCUT2D eigenvalue weighted by Crippen LogP contribution is -2.11. The average molecular weight is 226 g/mol. The van der Waals surface area contributed by atoms with Crippen molar-refractivity contribution < 1.29 is 13.5 Å². The molecule has 0 fully saturated rings. The fourth-order valence-electron chi connectivity index (χ4n) is 1.90. The third-order valence-corrected chi connectivity index (χ3v) is 5.14. The molecule has 0 spiro atoms. The van der Waals surface area contributed by atoms with Gasteiger partial charge in [-0.15, -0.1) is 0 Å². The maximum atomic E-state index is 11.9. The van der Waals surface area contributed by atoms with Gasteiger partial charge in [0.2, 0.25) is 0 Å². The van der Waals surface area contributed by atoms with Gasteiger partial charge in [-0.1, -0.05) is 12.1 Å². The minimum Gasteiger partial charge on any atom is -0.389 e. The smallest absolute Gasteiger partial charge is 0.181 e. The Morgan fingerprint density at radius 2 is 2.13 bits per heavy atom. The number of hydrogen-bond acceptors (Lipinski definition) is 3. The highest BCUT2D eigenvalue weighted by Gasteiger charge is 2.33. The number of fused-ring (bicyclic) bond motifs is 1. The van der Waals surface area contributed by atoms with E-state index in [2.05, 4.69) is 0 Å². The van der Waals surface area contributed by atoms with Crippen molar-refractivity contribution in [1.82, 2.24) is 0 Å². The van der Waals surface area contributed by atoms with Crippen LogP contribution < -0.4 is 0 Å². The first-order valence-corrected chi connectivity index (χ1v) is 6.52. The highest BCUT2D eigenvalue weighted by molar-refractivity contribution is 7.92. The van der Waals surface area contributed by atoms with Crippen molar-refractivity contribution in [3.63, 3.8) is 0 Å². The van der Waals surface area contributed by atoms with Crippen molar-refractivity contribution in [2.24, 2.45) is 0 Å². The fraction of sp³-hybridized carbons (Fsp3) is 0.455. The van der Waals surface area contributed by atoms with E-state index in [0.717, 1.165) is 5.56 Å². The second-order valence-electron chi connectivity index (χ2n) is 4.10. The number of hydrogen-bond donors (Lipinski definition) is 1. The normalized spacial score (nSPS) is 24.9. The zero-order valence-electron chi connectivity index (χ0n) is 8.77. The average Bonchev–Trinajstić information content (AvgIpc) is 2.38. The second-order valence-corrected chi connectivity index (χ2v) is 6.44. The molecule has 1 aliphatic rings. The minimum absolute atomic E-state index is 0.336. The quantitative estimate of drug-likeness (QED) is 0.788. The molecule has 0 radical (unpaired) electrons. The van der Waals surface area contributed by atoms with Gasteiger partial charge >= 0.3 is 0 Å². The van der Waals surface area contributed by atoms with Crippen LogP contribution in [0.15, 0.2) is 23.1 Å². The zero-order chi connectivity index (χ0) is 11.2. The van der Waals surface area contributed by atoms with Crippen LogP contribution in [0.25, 0.3) is 0 Å². The summed E-state index contributed by atoms with van der Waals surface area (Å²) in [5.74, 6) is 0. The molecule has 3 nitrogen and oxygen atoms in total. The van der Waals surface area contributed by atoms with Crippen LogP contribution >= 0.6 is 0 Å². The summed E-state index contributed by atoms with van der Waals surface area (Å²) < 4.78 is 23.8. The molecule has 0 aromatic heterocycles. The van der Waals surface area contributed by atoms with E-state index in [1.165, 1.54) is 0 Å². The van der Waals surface area contributed by atoms with E-state index in [1.54, 1.807) is 32.0 Å². The molecule has 1 heterocycles. The lowest BCUT2D eigenvalue weighted by atomic mass is 10.1. The SMILES string of the molecule is CC(O)c1ccc2c(c1)S(=O)(=O)C(C)C2. The summed E-state index contributed by atoms with van der Waals surface area (Å²) in [6.07, 6.45) is -0.0426. The van der Waals surface area contributed by atoms with Crippen LogP contribution in [0.5, 0.6) is 0 Å². The maximum Gasteiger partial charge on any atom is 0.181 e. The van der Waals surface area contributed by atoms with Crippen LogP contribution in [0, 0.1) is 0 Å². The Hall–Kier alpha value is -0.870. The molecule has 0 bridgehead atoms. The fourth-order valence-corrected chi connectivity index (χ4v) is 3.55. The van der Waals surface area contributed by atoms with Crippen molar-refractivity contribution in [2.75, 3.05) is 0 Å². The summed E-state index contributed by atoms with van der Waals surface area (Å²) in [5.41, 5.74) is 1.53. The Balaban J connectivity index is 2.60. The first-order valence-electron chi connectivity index (χ1n) is 4.97. The molecule has 0 saturated carbocycles. The highest BCUT2D eigenvalue weighted by atomic mass is 32.2. The van der Waals surface area contributed by atoms with Crippen LogP contribution in [-0.2, 0) is 16.3 Å². The molecular weight excluding hydrogens is 212 g/mol. The first-order chi connectivity index (χ1) is 6.93. The largest absolute Gasteiger partial charge is 0.389 e. The van der Waals surface area contributed by atoms with Crippen LogP contribution in [-0.4, -0.2) is 18.8 Å². The Bertz CT molecular complexity index is 489. The van der Waals surface area contributed by atoms with E-state index >= 15 is 0 Å². The van der Waals surface area contributed by atoms with Gasteiger partial charge in [-0.3, -0.25) is 0 Å². The van der Waals surface area contributed by atoms with Crippen molar-refractivity contribution >= 4 is 9.84 Å². The van der Waals surface area contributed by atoms with E-state index in [4.69, 9.17) is 0 Å². The van der Waals surface area contributed by atoms with Gasteiger partial charge in [0.25, 0.3) is 0 Å². The molecule has 2 unspecified atom stereocenters. The van der Waals surface area contributed by atoms with Crippen LogP contribution in [0.2, 0.25) is 0 Å². The highest BCUT2D eigenvalue weighted by Crippen LogP contribution is 2.32. The van der Waals surface area contributed by atoms with Crippen molar-refractivity contribution in [3.05, 3.63) is 29.3 Å². The van der Waals surface area contributed by atoms with Gasteiger partial charge in [-0.05, 0) is 37.5 Å². The predicted octanol–water partition coefficient (Wildman–Crippen LogP) is 1.46. The van der Waals surface area contributed by atoms with E-state index in [1.807, 2.05) is 0 Å². The van der Waals surface area contributed by atoms with E-state index in [9.17, 15) is 13.5 Å². The van der Waals surface area contributed by atoms with E-state index in [0.29, 0.717) is 16.9 Å². The minimum atomic E-state index is -3.15. The molecular formula is C11H14O3S. The summed E-state index contributed by atoms with van der Waals surface area (Å²) in [7, 11) is -3.15. The standard InChI is InChI=1S/C11H14O3S/c1-7-5-10-4-3-9(8(2)12)6-11(10)15(7,13)14/h3-4,6-8,12H,5H2,1-2H3. The lowest BCUT2D eigenvalue weighted by molar-refractivity contribution is 0.199. The molecule has 82 valence electrons. The number of benzene rings is 1. The molecule has 2 atom stereocenters. The molecule has 4 heteroatoms. The Morgan fingerprint density at radius 1 is 1.47 bits per heavy atom. The van der Waals surface area contributed by atoms with Gasteiger partial charge in [-0.2, -0.15) is 0 Å². The van der Waals surface area contributed by atoms with Crippen molar-refractivity contribution in [2.45, 2.75) is 36.5 Å². The molecule has 1 N–H and O–H groups in total. The van der Waals surface area contributed by atoms with Gasteiger partial charge in [-0.25, -0.2) is 8.42 Å². The number of aliphatic hydroxyl groups is 1. The topological polar surface area (TPSA) is 54.4 Å². The molecule has 2 rings (SSSR count). The van der Waals surface area contributed by atoms with Gasteiger partial charge in [0.15, 0.2) is 9.84 Å². The van der Waals surface area contributed by atoms with E-state index in [-0.39, 0.29) is 5.25 Å². The lowest BCUT2D eigenvalue weighted by Gasteiger charge is -2.06. The summed E-state index contributed by atoms with van der Waals surface area (Å²) in [4.78, 5) is 0.397. The Morgan fingerprint density at radius 3 is 2.73 bits per heavy atom. The second kappa shape index (κ2) is 3.32. The third-order valence-electron chi connectivity index (χ3n) is 2.92.